The zero-order valence-corrected chi connectivity index (χ0v) is 12.8. The van der Waals surface area contributed by atoms with Crippen molar-refractivity contribution in [3.8, 4) is 0 Å². The zero-order valence-electron chi connectivity index (χ0n) is 12.0. The summed E-state index contributed by atoms with van der Waals surface area (Å²) in [5, 5.41) is 3.01. The van der Waals surface area contributed by atoms with E-state index in [2.05, 4.69) is 30.7 Å². The number of rotatable bonds is 2. The Hall–Kier alpha value is -1.43. The van der Waals surface area contributed by atoms with E-state index in [1.807, 2.05) is 19.2 Å². The van der Waals surface area contributed by atoms with Gasteiger partial charge in [-0.25, -0.2) is 9.78 Å². The highest BCUT2D eigenvalue weighted by Crippen LogP contribution is 2.33. The molecule has 5 nitrogen and oxygen atoms in total. The molecule has 2 N–H and O–H groups in total. The summed E-state index contributed by atoms with van der Waals surface area (Å²) in [5.74, 6) is 0.337. The molecule has 19 heavy (non-hydrogen) atoms. The molecule has 1 atom stereocenters. The number of amidine groups is 1. The monoisotopic (exact) mass is 280 g/mol. The van der Waals surface area contributed by atoms with E-state index in [9.17, 15) is 4.79 Å². The summed E-state index contributed by atoms with van der Waals surface area (Å²) in [6.07, 6.45) is 0. The molecule has 0 aromatic carbocycles. The number of nitrogens with two attached hydrogens (primary N) is 1. The van der Waals surface area contributed by atoms with Gasteiger partial charge in [0, 0.05) is 16.8 Å². The Morgan fingerprint density at radius 3 is 2.53 bits per heavy atom. The third-order valence-electron chi connectivity index (χ3n) is 3.00. The minimum absolute atomic E-state index is 0.0000946. The number of aliphatic imine (C=N–C) groups is 1. The fraction of sp³-hybridized carbons (Fsp3) is 0.615. The highest BCUT2D eigenvalue weighted by Gasteiger charge is 2.38. The number of hydrogen-bond donors (Lipinski definition) is 1. The van der Waals surface area contributed by atoms with Crippen LogP contribution in [0.15, 0.2) is 10.4 Å². The third-order valence-corrected chi connectivity index (χ3v) is 4.29. The van der Waals surface area contributed by atoms with E-state index in [-0.39, 0.29) is 23.5 Å². The minimum atomic E-state index is -0.320. The average molecular weight is 280 g/mol. The van der Waals surface area contributed by atoms with Crippen LogP contribution in [0.5, 0.6) is 0 Å². The summed E-state index contributed by atoms with van der Waals surface area (Å²) in [5.41, 5.74) is 6.72. The van der Waals surface area contributed by atoms with Crippen molar-refractivity contribution in [1.29, 1.82) is 0 Å². The first-order valence-corrected chi connectivity index (χ1v) is 7.22. The van der Waals surface area contributed by atoms with Gasteiger partial charge >= 0.3 is 6.03 Å². The first kappa shape index (κ1) is 14.0. The van der Waals surface area contributed by atoms with Gasteiger partial charge in [-0.2, -0.15) is 4.99 Å². The number of aromatic nitrogens is 1. The number of carbonyl (C=O) groups excluding carboxylic acids is 1. The Morgan fingerprint density at radius 1 is 1.42 bits per heavy atom. The van der Waals surface area contributed by atoms with Gasteiger partial charge < -0.3 is 10.6 Å². The lowest BCUT2D eigenvalue weighted by atomic mass is 9.98. The molecular formula is C13H20N4OS. The van der Waals surface area contributed by atoms with E-state index in [0.717, 1.165) is 10.7 Å². The second-order valence-corrected chi connectivity index (χ2v) is 6.91. The molecule has 1 aliphatic heterocycles. The molecule has 1 aromatic heterocycles. The fourth-order valence-corrected chi connectivity index (χ4v) is 2.98. The van der Waals surface area contributed by atoms with Gasteiger partial charge in [-0.05, 0) is 13.8 Å². The quantitative estimate of drug-likeness (QED) is 0.905. The number of carbonyl (C=O) groups is 1. The standard InChI is InChI=1S/C13H20N4OS/c1-7(2)17-9(10(14)16-12(17)18)8-6-19-11(15-8)13(3,4)5/h6-7,9H,1-5H3,(H2,14,16,18). The zero-order chi connectivity index (χ0) is 14.4. The van der Waals surface area contributed by atoms with Crippen molar-refractivity contribution in [1.82, 2.24) is 9.88 Å². The first-order valence-electron chi connectivity index (χ1n) is 6.34. The van der Waals surface area contributed by atoms with Crippen LogP contribution in [0.3, 0.4) is 0 Å². The van der Waals surface area contributed by atoms with Gasteiger partial charge in [-0.15, -0.1) is 11.3 Å². The predicted octanol–water partition coefficient (Wildman–Crippen LogP) is 2.68. The Bertz CT molecular complexity index is 527. The third kappa shape index (κ3) is 2.49. The van der Waals surface area contributed by atoms with Crippen molar-refractivity contribution in [3.05, 3.63) is 16.1 Å². The Labute approximate surface area is 117 Å². The van der Waals surface area contributed by atoms with Gasteiger partial charge in [-0.1, -0.05) is 20.8 Å². The van der Waals surface area contributed by atoms with Crippen LogP contribution in [0.2, 0.25) is 0 Å². The normalized spacial score (nSPS) is 20.3. The van der Waals surface area contributed by atoms with Gasteiger partial charge in [-0.3, -0.25) is 0 Å². The smallest absolute Gasteiger partial charge is 0.346 e. The van der Waals surface area contributed by atoms with Crippen molar-refractivity contribution in [3.63, 3.8) is 0 Å². The second-order valence-electron chi connectivity index (χ2n) is 6.05. The molecule has 0 saturated heterocycles. The number of nitrogens with zero attached hydrogens (tertiary/aromatic N) is 3. The fourth-order valence-electron chi connectivity index (χ4n) is 2.05. The van der Waals surface area contributed by atoms with Crippen LogP contribution in [0.25, 0.3) is 0 Å². The summed E-state index contributed by atoms with van der Waals surface area (Å²) in [6.45, 7) is 10.3. The number of amides is 2. The second kappa shape index (κ2) is 4.59. The lowest BCUT2D eigenvalue weighted by Crippen LogP contribution is -2.38. The average Bonchev–Trinajstić information content (AvgIpc) is 2.81. The molecule has 6 heteroatoms. The molecule has 0 spiro atoms. The largest absolute Gasteiger partial charge is 0.385 e. The maximum atomic E-state index is 11.8. The maximum Gasteiger partial charge on any atom is 0.346 e. The van der Waals surface area contributed by atoms with Crippen LogP contribution in [0.4, 0.5) is 4.79 Å². The summed E-state index contributed by atoms with van der Waals surface area (Å²) in [6, 6.07) is -0.551. The topological polar surface area (TPSA) is 71.6 Å². The molecule has 1 aromatic rings. The highest BCUT2D eigenvalue weighted by atomic mass is 32.1. The van der Waals surface area contributed by atoms with E-state index < -0.39 is 0 Å². The summed E-state index contributed by atoms with van der Waals surface area (Å²) < 4.78 is 0. The molecule has 0 fully saturated rings. The molecule has 2 rings (SSSR count). The molecule has 1 unspecified atom stereocenters. The lowest BCUT2D eigenvalue weighted by molar-refractivity contribution is 0.189. The molecule has 2 amide bonds. The molecule has 0 bridgehead atoms. The van der Waals surface area contributed by atoms with E-state index in [0.29, 0.717) is 5.84 Å². The summed E-state index contributed by atoms with van der Waals surface area (Å²) in [4.78, 5) is 22.0. The van der Waals surface area contributed by atoms with Crippen LogP contribution in [0, 0.1) is 0 Å². The predicted molar refractivity (Wildman–Crippen MR) is 77.5 cm³/mol. The van der Waals surface area contributed by atoms with Gasteiger partial charge in [0.05, 0.1) is 10.7 Å². The SMILES string of the molecule is CC(C)N1C(=O)N=C(N)C1c1csc(C(C)(C)C)n1. The van der Waals surface area contributed by atoms with Crippen molar-refractivity contribution >= 4 is 23.2 Å². The van der Waals surface area contributed by atoms with Gasteiger partial charge in [0.25, 0.3) is 0 Å². The van der Waals surface area contributed by atoms with Crippen molar-refractivity contribution < 1.29 is 4.79 Å². The summed E-state index contributed by atoms with van der Waals surface area (Å²) in [7, 11) is 0. The highest BCUT2D eigenvalue weighted by molar-refractivity contribution is 7.09. The van der Waals surface area contributed by atoms with Crippen molar-refractivity contribution in [2.45, 2.75) is 52.1 Å². The van der Waals surface area contributed by atoms with E-state index in [4.69, 9.17) is 5.73 Å². The van der Waals surface area contributed by atoms with Gasteiger partial charge in [0.2, 0.25) is 0 Å². The van der Waals surface area contributed by atoms with E-state index in [1.54, 1.807) is 16.2 Å². The molecular weight excluding hydrogens is 260 g/mol. The van der Waals surface area contributed by atoms with Crippen LogP contribution in [0.1, 0.15) is 51.4 Å². The Morgan fingerprint density at radius 2 is 2.05 bits per heavy atom. The molecule has 0 aliphatic carbocycles. The van der Waals surface area contributed by atoms with Crippen LogP contribution in [-0.4, -0.2) is 27.8 Å². The molecule has 1 aliphatic rings. The van der Waals surface area contributed by atoms with Crippen LogP contribution >= 0.6 is 11.3 Å². The van der Waals surface area contributed by atoms with Crippen molar-refractivity contribution in [2.24, 2.45) is 10.7 Å². The number of hydrogen-bond acceptors (Lipinski definition) is 4. The summed E-state index contributed by atoms with van der Waals surface area (Å²) >= 11 is 1.60. The van der Waals surface area contributed by atoms with Crippen LogP contribution in [-0.2, 0) is 5.41 Å². The van der Waals surface area contributed by atoms with Crippen molar-refractivity contribution in [2.75, 3.05) is 0 Å². The van der Waals surface area contributed by atoms with E-state index >= 15 is 0 Å². The molecule has 104 valence electrons. The van der Waals surface area contributed by atoms with E-state index in [1.165, 1.54) is 0 Å². The molecule has 0 radical (unpaired) electrons. The molecule has 2 heterocycles. The maximum absolute atomic E-state index is 11.8. The van der Waals surface area contributed by atoms with Crippen LogP contribution < -0.4 is 5.73 Å². The van der Waals surface area contributed by atoms with Gasteiger partial charge in [0.1, 0.15) is 11.9 Å². The Kier molecular flexibility index (Phi) is 3.38. The number of thiazole rings is 1. The molecule has 0 saturated carbocycles. The minimum Gasteiger partial charge on any atom is -0.385 e. The first-order chi connectivity index (χ1) is 8.71. The van der Waals surface area contributed by atoms with Gasteiger partial charge in [0.15, 0.2) is 0 Å². The Balaban J connectivity index is 2.37. The lowest BCUT2D eigenvalue weighted by Gasteiger charge is -2.26. The number of urea groups is 1.